The summed E-state index contributed by atoms with van der Waals surface area (Å²) in [6.07, 6.45) is 0. The van der Waals surface area contributed by atoms with E-state index < -0.39 is 18.0 Å². The molecule has 3 nitrogen and oxygen atoms in total. The van der Waals surface area contributed by atoms with Gasteiger partial charge >= 0.3 is 29.6 Å². The molecule has 24 heavy (non-hydrogen) atoms. The Balaban J connectivity index is 0.00000208. The van der Waals surface area contributed by atoms with Gasteiger partial charge in [0, 0.05) is 5.30 Å². The maximum atomic E-state index is 11.7. The summed E-state index contributed by atoms with van der Waals surface area (Å²) in [6, 6.07) is 26.6. The monoisotopic (exact) mass is 363 g/mol. The van der Waals surface area contributed by atoms with Crippen LogP contribution in [-0.2, 0) is 10.1 Å². The van der Waals surface area contributed by atoms with Crippen molar-refractivity contribution in [2.24, 2.45) is 0 Å². The van der Waals surface area contributed by atoms with Gasteiger partial charge in [0.05, 0.1) is 4.90 Å². The second-order valence-corrected chi connectivity index (χ2v) is 8.39. The smallest absolute Gasteiger partial charge is 0.744 e. The van der Waals surface area contributed by atoms with E-state index in [0.29, 0.717) is 5.30 Å². The third kappa shape index (κ3) is 4.34. The summed E-state index contributed by atoms with van der Waals surface area (Å²) in [6.45, 7) is 0. The maximum Gasteiger partial charge on any atom is 1.00 e. The van der Waals surface area contributed by atoms with Crippen molar-refractivity contribution in [1.29, 1.82) is 0 Å². The normalized spacial score (nSPS) is 11.1. The Labute approximate surface area is 165 Å². The molecule has 0 aliphatic rings. The summed E-state index contributed by atoms with van der Waals surface area (Å²) in [4.78, 5) is -0.196. The van der Waals surface area contributed by atoms with Crippen LogP contribution < -0.4 is 45.5 Å². The summed E-state index contributed by atoms with van der Waals surface area (Å²) in [5.41, 5.74) is 0. The molecular formula is C18H13NaO3PS. The second-order valence-electron chi connectivity index (χ2n) is 4.85. The third-order valence-electron chi connectivity index (χ3n) is 3.34. The summed E-state index contributed by atoms with van der Waals surface area (Å²) in [5, 5.41) is 2.51. The van der Waals surface area contributed by atoms with Gasteiger partial charge in [-0.3, -0.25) is 0 Å². The minimum absolute atomic E-state index is 0. The van der Waals surface area contributed by atoms with Gasteiger partial charge in [0.25, 0.3) is 0 Å². The van der Waals surface area contributed by atoms with E-state index in [1.54, 1.807) is 12.1 Å². The molecule has 0 saturated carbocycles. The third-order valence-corrected chi connectivity index (χ3v) is 6.87. The molecular weight excluding hydrogens is 350 g/mol. The molecule has 0 fully saturated rings. The zero-order valence-electron chi connectivity index (χ0n) is 13.1. The number of hydrogen-bond acceptors (Lipinski definition) is 3. The Morgan fingerprint density at radius 2 is 1.33 bits per heavy atom. The summed E-state index contributed by atoms with van der Waals surface area (Å²) < 4.78 is 35.0. The summed E-state index contributed by atoms with van der Waals surface area (Å²) >= 11 is 0. The van der Waals surface area contributed by atoms with Crippen LogP contribution in [0.15, 0.2) is 83.8 Å². The van der Waals surface area contributed by atoms with Gasteiger partial charge in [-0.1, -0.05) is 72.8 Å². The van der Waals surface area contributed by atoms with Crippen LogP contribution in [0.5, 0.6) is 0 Å². The Hall–Kier alpha value is -1.000. The van der Waals surface area contributed by atoms with Crippen molar-refractivity contribution in [3.05, 3.63) is 84.9 Å². The van der Waals surface area contributed by atoms with E-state index in [0.717, 1.165) is 10.6 Å². The summed E-state index contributed by atoms with van der Waals surface area (Å²) in [5.74, 6) is 0. The van der Waals surface area contributed by atoms with Gasteiger partial charge in [0.15, 0.2) is 0 Å². The van der Waals surface area contributed by atoms with Gasteiger partial charge < -0.3 is 4.55 Å². The first kappa shape index (κ1) is 19.3. The van der Waals surface area contributed by atoms with E-state index in [2.05, 4.69) is 6.07 Å². The standard InChI is InChI=1S/C18H14O3PS.Na/c19-23(20,21)18-14-8-7-13-17(18)22(15-9-3-1-4-10-15)16-11-5-2-6-12-16;/h1-7,9-14H,(H,19,20,21);/q;+1/p-1. The zero-order chi connectivity index (χ0) is 16.3. The second kappa shape index (κ2) is 8.39. The van der Waals surface area contributed by atoms with E-state index in [1.165, 1.54) is 6.07 Å². The van der Waals surface area contributed by atoms with Gasteiger partial charge in [-0.2, -0.15) is 0 Å². The number of hydrogen-bond donors (Lipinski definition) is 0. The molecule has 0 aliphatic carbocycles. The van der Waals surface area contributed by atoms with E-state index >= 15 is 0 Å². The first-order chi connectivity index (χ1) is 11.1. The first-order valence-electron chi connectivity index (χ1n) is 6.93. The molecule has 115 valence electrons. The average molecular weight is 363 g/mol. The molecule has 1 radical (unpaired) electrons. The minimum atomic E-state index is -4.56. The van der Waals surface area contributed by atoms with E-state index in [9.17, 15) is 13.0 Å². The van der Waals surface area contributed by atoms with Gasteiger partial charge in [-0.15, -0.1) is 0 Å². The quantitative estimate of drug-likeness (QED) is 0.345. The Kier molecular flexibility index (Phi) is 6.76. The van der Waals surface area contributed by atoms with E-state index in [-0.39, 0.29) is 34.5 Å². The van der Waals surface area contributed by atoms with Gasteiger partial charge in [0.2, 0.25) is 0 Å². The molecule has 0 N–H and O–H groups in total. The molecule has 0 amide bonds. The van der Waals surface area contributed by atoms with Crippen LogP contribution in [0.4, 0.5) is 0 Å². The van der Waals surface area contributed by atoms with Crippen molar-refractivity contribution < 1.29 is 42.5 Å². The molecule has 0 atom stereocenters. The van der Waals surface area contributed by atoms with Crippen molar-refractivity contribution in [2.45, 2.75) is 4.90 Å². The van der Waals surface area contributed by atoms with Crippen molar-refractivity contribution in [3.8, 4) is 0 Å². The zero-order valence-corrected chi connectivity index (χ0v) is 16.8. The van der Waals surface area contributed by atoms with Crippen molar-refractivity contribution in [1.82, 2.24) is 0 Å². The van der Waals surface area contributed by atoms with E-state index in [1.807, 2.05) is 60.7 Å². The van der Waals surface area contributed by atoms with Crippen LogP contribution in [0, 0.1) is 6.07 Å². The molecule has 0 aromatic heterocycles. The van der Waals surface area contributed by atoms with Gasteiger partial charge in [-0.25, -0.2) is 8.42 Å². The molecule has 0 saturated heterocycles. The van der Waals surface area contributed by atoms with Crippen LogP contribution in [0.3, 0.4) is 0 Å². The molecule has 0 unspecified atom stereocenters. The molecule has 3 aromatic rings. The predicted octanol–water partition coefficient (Wildman–Crippen LogP) is -0.847. The SMILES string of the molecule is O=S(=O)([O-])c1c[c]ccc1P(c1ccccc1)c1ccccc1.[Na+]. The molecule has 0 heterocycles. The molecule has 0 bridgehead atoms. The number of benzene rings is 3. The van der Waals surface area contributed by atoms with Gasteiger partial charge in [-0.05, 0) is 30.7 Å². The number of rotatable bonds is 4. The fourth-order valence-corrected chi connectivity index (χ4v) is 5.82. The fourth-order valence-electron chi connectivity index (χ4n) is 2.37. The van der Waals surface area contributed by atoms with Crippen molar-refractivity contribution in [3.63, 3.8) is 0 Å². The maximum absolute atomic E-state index is 11.7. The largest absolute Gasteiger partial charge is 1.00 e. The Morgan fingerprint density at radius 1 is 0.833 bits per heavy atom. The van der Waals surface area contributed by atoms with Crippen molar-refractivity contribution >= 4 is 34.0 Å². The van der Waals surface area contributed by atoms with Gasteiger partial charge in [0.1, 0.15) is 10.1 Å². The van der Waals surface area contributed by atoms with Crippen LogP contribution in [0.1, 0.15) is 0 Å². The summed E-state index contributed by atoms with van der Waals surface area (Å²) in [7, 11) is -5.69. The molecule has 3 aromatic carbocycles. The Morgan fingerprint density at radius 3 is 1.79 bits per heavy atom. The first-order valence-corrected chi connectivity index (χ1v) is 9.68. The van der Waals surface area contributed by atoms with Crippen LogP contribution in [0.25, 0.3) is 0 Å². The molecule has 6 heteroatoms. The Bertz CT molecular complexity index is 860. The molecule has 3 rings (SSSR count). The van der Waals surface area contributed by atoms with Crippen LogP contribution in [0.2, 0.25) is 0 Å². The van der Waals surface area contributed by atoms with Crippen LogP contribution in [-0.4, -0.2) is 13.0 Å². The topological polar surface area (TPSA) is 57.2 Å². The molecule has 0 aliphatic heterocycles. The van der Waals surface area contributed by atoms with Crippen LogP contribution >= 0.6 is 7.92 Å². The average Bonchev–Trinajstić information content (AvgIpc) is 2.57. The molecule has 0 spiro atoms. The van der Waals surface area contributed by atoms with E-state index in [4.69, 9.17) is 0 Å². The predicted molar refractivity (Wildman–Crippen MR) is 91.9 cm³/mol. The minimum Gasteiger partial charge on any atom is -0.744 e. The fraction of sp³-hybridized carbons (Fsp3) is 0. The van der Waals surface area contributed by atoms with Crippen molar-refractivity contribution in [2.75, 3.05) is 0 Å².